The van der Waals surface area contributed by atoms with Gasteiger partial charge < -0.3 is 10.2 Å². The minimum atomic E-state index is 0.740. The molecule has 2 nitrogen and oxygen atoms in total. The highest BCUT2D eigenvalue weighted by atomic mass is 15.2. The third-order valence-electron chi connectivity index (χ3n) is 5.24. The van der Waals surface area contributed by atoms with Gasteiger partial charge in [0, 0.05) is 12.6 Å². The second-order valence-corrected chi connectivity index (χ2v) is 6.67. The fraction of sp³-hybridized carbons (Fsp3) is 0.667. The van der Waals surface area contributed by atoms with Crippen LogP contribution >= 0.6 is 0 Å². The smallest absolute Gasteiger partial charge is 0.00728 e. The van der Waals surface area contributed by atoms with Gasteiger partial charge in [0.25, 0.3) is 0 Å². The monoisotopic (exact) mass is 272 g/mol. The van der Waals surface area contributed by atoms with Gasteiger partial charge in [-0.1, -0.05) is 30.3 Å². The predicted octanol–water partition coefficient (Wildman–Crippen LogP) is 3.25. The Bertz CT molecular complexity index is 397. The van der Waals surface area contributed by atoms with Crippen molar-refractivity contribution in [2.24, 2.45) is 5.92 Å². The van der Waals surface area contributed by atoms with Crippen LogP contribution in [0.1, 0.15) is 44.1 Å². The van der Waals surface area contributed by atoms with E-state index < -0.39 is 0 Å². The van der Waals surface area contributed by atoms with Crippen molar-refractivity contribution in [3.63, 3.8) is 0 Å². The summed E-state index contributed by atoms with van der Waals surface area (Å²) < 4.78 is 0. The van der Waals surface area contributed by atoms with Crippen LogP contribution in [0.2, 0.25) is 0 Å². The number of benzene rings is 1. The van der Waals surface area contributed by atoms with Gasteiger partial charge in [-0.05, 0) is 69.6 Å². The van der Waals surface area contributed by atoms with Crippen molar-refractivity contribution in [1.29, 1.82) is 0 Å². The number of nitrogens with zero attached hydrogens (tertiary/aromatic N) is 1. The maximum absolute atomic E-state index is 3.47. The van der Waals surface area contributed by atoms with Gasteiger partial charge in [0.15, 0.2) is 0 Å². The summed E-state index contributed by atoms with van der Waals surface area (Å²) in [5.74, 6) is 1.70. The Kier molecular flexibility index (Phi) is 4.74. The summed E-state index contributed by atoms with van der Waals surface area (Å²) in [6.07, 6.45) is 5.39. The zero-order valence-electron chi connectivity index (χ0n) is 12.7. The Hall–Kier alpha value is -0.860. The summed E-state index contributed by atoms with van der Waals surface area (Å²) in [5.41, 5.74) is 1.54. The van der Waals surface area contributed by atoms with Gasteiger partial charge >= 0.3 is 0 Å². The van der Waals surface area contributed by atoms with Crippen molar-refractivity contribution < 1.29 is 0 Å². The van der Waals surface area contributed by atoms with E-state index in [4.69, 9.17) is 0 Å². The molecule has 2 atom stereocenters. The van der Waals surface area contributed by atoms with E-state index in [0.717, 1.165) is 17.9 Å². The molecule has 2 fully saturated rings. The van der Waals surface area contributed by atoms with Crippen LogP contribution in [0.4, 0.5) is 0 Å². The van der Waals surface area contributed by atoms with Crippen LogP contribution in [-0.4, -0.2) is 37.1 Å². The van der Waals surface area contributed by atoms with E-state index in [1.54, 1.807) is 5.56 Å². The van der Waals surface area contributed by atoms with Gasteiger partial charge in [-0.15, -0.1) is 0 Å². The van der Waals surface area contributed by atoms with Crippen molar-refractivity contribution in [3.05, 3.63) is 35.9 Å². The van der Waals surface area contributed by atoms with Crippen molar-refractivity contribution >= 4 is 0 Å². The number of nitrogens with one attached hydrogen (secondary N) is 1. The lowest BCUT2D eigenvalue weighted by molar-refractivity contribution is 0.115. The van der Waals surface area contributed by atoms with E-state index in [-0.39, 0.29) is 0 Å². The summed E-state index contributed by atoms with van der Waals surface area (Å²) >= 11 is 0. The van der Waals surface area contributed by atoms with Crippen LogP contribution < -0.4 is 5.32 Å². The molecule has 2 aliphatic heterocycles. The number of hydrogen-bond acceptors (Lipinski definition) is 2. The molecule has 2 aliphatic rings. The molecule has 0 amide bonds. The second-order valence-electron chi connectivity index (χ2n) is 6.67. The van der Waals surface area contributed by atoms with Gasteiger partial charge in [-0.25, -0.2) is 0 Å². The van der Waals surface area contributed by atoms with Gasteiger partial charge in [0.1, 0.15) is 0 Å². The zero-order valence-corrected chi connectivity index (χ0v) is 12.7. The molecule has 2 heteroatoms. The number of hydrogen-bond donors (Lipinski definition) is 1. The molecule has 2 saturated heterocycles. The van der Waals surface area contributed by atoms with Crippen LogP contribution in [0, 0.1) is 5.92 Å². The van der Waals surface area contributed by atoms with Crippen LogP contribution in [-0.2, 0) is 0 Å². The third-order valence-corrected chi connectivity index (χ3v) is 5.24. The topological polar surface area (TPSA) is 15.3 Å². The molecule has 2 unspecified atom stereocenters. The number of rotatable bonds is 3. The van der Waals surface area contributed by atoms with E-state index in [0.29, 0.717) is 0 Å². The molecule has 0 aliphatic carbocycles. The Morgan fingerprint density at radius 2 is 1.85 bits per heavy atom. The highest BCUT2D eigenvalue weighted by molar-refractivity contribution is 5.20. The molecular formula is C18H28N2. The Balaban J connectivity index is 1.54. The fourth-order valence-corrected chi connectivity index (χ4v) is 3.92. The maximum Gasteiger partial charge on any atom is 0.00728 e. The second kappa shape index (κ2) is 6.73. The van der Waals surface area contributed by atoms with Crippen molar-refractivity contribution in [2.45, 2.75) is 44.6 Å². The largest absolute Gasteiger partial charge is 0.317 e. The molecule has 1 aromatic carbocycles. The first kappa shape index (κ1) is 14.1. The SMILES string of the molecule is CC1CC(c2ccccc2)CCN1CC1CCNCC1. The lowest BCUT2D eigenvalue weighted by Gasteiger charge is -2.40. The van der Waals surface area contributed by atoms with Crippen molar-refractivity contribution in [3.8, 4) is 0 Å². The zero-order chi connectivity index (χ0) is 13.8. The Labute approximate surface area is 123 Å². The summed E-state index contributed by atoms with van der Waals surface area (Å²) in [5, 5.41) is 3.47. The molecule has 1 aromatic rings. The normalized spacial score (nSPS) is 29.4. The molecule has 1 N–H and O–H groups in total. The molecule has 0 radical (unpaired) electrons. The van der Waals surface area contributed by atoms with Gasteiger partial charge in [-0.3, -0.25) is 0 Å². The third kappa shape index (κ3) is 3.42. The maximum atomic E-state index is 3.47. The summed E-state index contributed by atoms with van der Waals surface area (Å²) in [6, 6.07) is 11.8. The molecule has 3 rings (SSSR count). The highest BCUT2D eigenvalue weighted by Crippen LogP contribution is 2.32. The minimum Gasteiger partial charge on any atom is -0.317 e. The molecule has 0 aromatic heterocycles. The molecule has 0 saturated carbocycles. The minimum absolute atomic E-state index is 0.740. The quantitative estimate of drug-likeness (QED) is 0.908. The van der Waals surface area contributed by atoms with E-state index in [9.17, 15) is 0 Å². The number of likely N-dealkylation sites (tertiary alicyclic amines) is 1. The number of piperidine rings is 2. The lowest BCUT2D eigenvalue weighted by atomic mass is 9.85. The summed E-state index contributed by atoms with van der Waals surface area (Å²) in [7, 11) is 0. The van der Waals surface area contributed by atoms with Crippen LogP contribution in [0.25, 0.3) is 0 Å². The first-order chi connectivity index (χ1) is 9.83. The first-order valence-corrected chi connectivity index (χ1v) is 8.32. The fourth-order valence-electron chi connectivity index (χ4n) is 3.92. The Morgan fingerprint density at radius 1 is 1.10 bits per heavy atom. The van der Waals surface area contributed by atoms with Crippen LogP contribution in [0.15, 0.2) is 30.3 Å². The summed E-state index contributed by atoms with van der Waals surface area (Å²) in [4.78, 5) is 2.75. The van der Waals surface area contributed by atoms with E-state index in [1.165, 1.54) is 51.9 Å². The van der Waals surface area contributed by atoms with Gasteiger partial charge in [0.2, 0.25) is 0 Å². The molecule has 0 spiro atoms. The average molecular weight is 272 g/mol. The van der Waals surface area contributed by atoms with E-state index in [2.05, 4.69) is 47.5 Å². The van der Waals surface area contributed by atoms with E-state index >= 15 is 0 Å². The molecule has 20 heavy (non-hydrogen) atoms. The van der Waals surface area contributed by atoms with Crippen LogP contribution in [0.3, 0.4) is 0 Å². The first-order valence-electron chi connectivity index (χ1n) is 8.32. The van der Waals surface area contributed by atoms with Crippen molar-refractivity contribution in [2.75, 3.05) is 26.2 Å². The highest BCUT2D eigenvalue weighted by Gasteiger charge is 2.28. The summed E-state index contributed by atoms with van der Waals surface area (Å²) in [6.45, 7) is 7.48. The van der Waals surface area contributed by atoms with E-state index in [1.807, 2.05) is 0 Å². The van der Waals surface area contributed by atoms with Gasteiger partial charge in [-0.2, -0.15) is 0 Å². The molecular weight excluding hydrogens is 244 g/mol. The molecule has 0 bridgehead atoms. The average Bonchev–Trinajstić information content (AvgIpc) is 2.51. The van der Waals surface area contributed by atoms with Crippen LogP contribution in [0.5, 0.6) is 0 Å². The standard InChI is InChI=1S/C18H28N2/c1-15-13-18(17-5-3-2-4-6-17)9-12-20(15)14-16-7-10-19-11-8-16/h2-6,15-16,18-19H,7-14H2,1H3. The molecule has 2 heterocycles. The Morgan fingerprint density at radius 3 is 2.55 bits per heavy atom. The van der Waals surface area contributed by atoms with Gasteiger partial charge in [0.05, 0.1) is 0 Å². The predicted molar refractivity (Wildman–Crippen MR) is 85.0 cm³/mol. The molecule has 110 valence electrons. The lowest BCUT2D eigenvalue weighted by Crippen LogP contribution is -2.44. The van der Waals surface area contributed by atoms with Crippen molar-refractivity contribution in [1.82, 2.24) is 10.2 Å².